The highest BCUT2D eigenvalue weighted by atomic mass is 35.5. The van der Waals surface area contributed by atoms with Crippen molar-refractivity contribution >= 4 is 17.3 Å². The molecule has 3 unspecified atom stereocenters. The van der Waals surface area contributed by atoms with Gasteiger partial charge in [-0.25, -0.2) is 0 Å². The lowest BCUT2D eigenvalue weighted by Gasteiger charge is -2.38. The van der Waals surface area contributed by atoms with Crippen LogP contribution in [0.15, 0.2) is 18.2 Å². The van der Waals surface area contributed by atoms with Crippen LogP contribution in [0.25, 0.3) is 0 Å². The lowest BCUT2D eigenvalue weighted by Crippen LogP contribution is -2.39. The number of benzene rings is 1. The van der Waals surface area contributed by atoms with E-state index in [1.807, 2.05) is 6.92 Å². The van der Waals surface area contributed by atoms with Crippen LogP contribution in [0.4, 0.5) is 5.69 Å². The molecule has 0 saturated heterocycles. The Morgan fingerprint density at radius 3 is 2.65 bits per heavy atom. The van der Waals surface area contributed by atoms with Gasteiger partial charge in [0.2, 0.25) is 0 Å². The van der Waals surface area contributed by atoms with Gasteiger partial charge in [-0.1, -0.05) is 37.4 Å². The molecule has 0 amide bonds. The Hall–Kier alpha value is -0.730. The third-order valence-corrected chi connectivity index (χ3v) is 4.82. The van der Waals surface area contributed by atoms with E-state index in [1.165, 1.54) is 31.2 Å². The van der Waals surface area contributed by atoms with Gasteiger partial charge in [-0.05, 0) is 49.8 Å². The Labute approximate surface area is 128 Å². The first kappa shape index (κ1) is 15.7. The molecule has 0 spiro atoms. The Morgan fingerprint density at radius 2 is 2.05 bits per heavy atom. The highest BCUT2D eigenvalue weighted by molar-refractivity contribution is 6.33. The second kappa shape index (κ2) is 6.82. The topological polar surface area (TPSA) is 29.3 Å². The Bertz CT molecular complexity index is 445. The van der Waals surface area contributed by atoms with Crippen molar-refractivity contribution in [1.29, 1.82) is 0 Å². The maximum atomic E-state index is 6.49. The Kier molecular flexibility index (Phi) is 5.34. The first-order chi connectivity index (χ1) is 9.49. The summed E-state index contributed by atoms with van der Waals surface area (Å²) in [5, 5.41) is 0.850. The van der Waals surface area contributed by atoms with Crippen LogP contribution in [0.3, 0.4) is 0 Å². The highest BCUT2D eigenvalue weighted by Crippen LogP contribution is 2.34. The van der Waals surface area contributed by atoms with Gasteiger partial charge >= 0.3 is 0 Å². The van der Waals surface area contributed by atoms with E-state index in [9.17, 15) is 0 Å². The fourth-order valence-electron chi connectivity index (χ4n) is 3.39. The van der Waals surface area contributed by atoms with Crippen LogP contribution in [0.1, 0.15) is 45.1 Å². The van der Waals surface area contributed by atoms with Crippen LogP contribution < -0.4 is 10.6 Å². The number of nitrogens with zero attached hydrogens (tertiary/aromatic N) is 1. The lowest BCUT2D eigenvalue weighted by molar-refractivity contribution is 0.321. The number of halogens is 1. The molecule has 2 nitrogen and oxygen atoms in total. The summed E-state index contributed by atoms with van der Waals surface area (Å²) in [7, 11) is 2.18. The van der Waals surface area contributed by atoms with Crippen molar-refractivity contribution in [2.45, 2.75) is 58.0 Å². The summed E-state index contributed by atoms with van der Waals surface area (Å²) in [6.07, 6.45) is 6.18. The molecule has 1 aliphatic carbocycles. The van der Waals surface area contributed by atoms with Crippen molar-refractivity contribution in [1.82, 2.24) is 0 Å². The van der Waals surface area contributed by atoms with E-state index in [1.54, 1.807) is 0 Å². The van der Waals surface area contributed by atoms with Gasteiger partial charge in [-0.15, -0.1) is 0 Å². The van der Waals surface area contributed by atoms with E-state index in [2.05, 4.69) is 37.1 Å². The molecular weight excluding hydrogens is 268 g/mol. The van der Waals surface area contributed by atoms with E-state index < -0.39 is 0 Å². The molecule has 2 rings (SSSR count). The monoisotopic (exact) mass is 294 g/mol. The third-order valence-electron chi connectivity index (χ3n) is 4.51. The molecule has 0 heterocycles. The summed E-state index contributed by atoms with van der Waals surface area (Å²) in [6.45, 7) is 4.39. The van der Waals surface area contributed by atoms with Gasteiger partial charge in [-0.2, -0.15) is 0 Å². The van der Waals surface area contributed by atoms with Gasteiger partial charge in [0.05, 0.1) is 10.7 Å². The van der Waals surface area contributed by atoms with Crippen LogP contribution in [0, 0.1) is 5.92 Å². The molecule has 0 radical (unpaired) electrons. The molecule has 1 fully saturated rings. The van der Waals surface area contributed by atoms with E-state index >= 15 is 0 Å². The predicted molar refractivity (Wildman–Crippen MR) is 88.6 cm³/mol. The summed E-state index contributed by atoms with van der Waals surface area (Å²) in [5.41, 5.74) is 8.23. The molecule has 3 heteroatoms. The SMILES string of the molecule is CC(N)Cc1ccc(N(C)C2CCCCC2C)c(Cl)c1. The van der Waals surface area contributed by atoms with Crippen LogP contribution in [-0.4, -0.2) is 19.1 Å². The molecule has 3 atom stereocenters. The first-order valence-electron chi connectivity index (χ1n) is 7.76. The molecule has 20 heavy (non-hydrogen) atoms. The summed E-state index contributed by atoms with van der Waals surface area (Å²) in [4.78, 5) is 2.38. The van der Waals surface area contributed by atoms with E-state index in [-0.39, 0.29) is 6.04 Å². The summed E-state index contributed by atoms with van der Waals surface area (Å²) >= 11 is 6.49. The third kappa shape index (κ3) is 3.67. The molecule has 0 aromatic heterocycles. The maximum Gasteiger partial charge on any atom is 0.0642 e. The van der Waals surface area contributed by atoms with Crippen molar-refractivity contribution in [2.75, 3.05) is 11.9 Å². The van der Waals surface area contributed by atoms with Crippen LogP contribution in [0.5, 0.6) is 0 Å². The normalized spacial score (nSPS) is 24.4. The smallest absolute Gasteiger partial charge is 0.0642 e. The summed E-state index contributed by atoms with van der Waals surface area (Å²) in [5.74, 6) is 0.744. The molecule has 1 aliphatic rings. The van der Waals surface area contributed by atoms with E-state index in [4.69, 9.17) is 17.3 Å². The zero-order valence-electron chi connectivity index (χ0n) is 12.9. The standard InChI is InChI=1S/C17H27ClN2/c1-12-6-4-5-7-16(12)20(3)17-9-8-14(10-13(2)19)11-15(17)18/h8-9,11-13,16H,4-7,10,19H2,1-3H3. The molecule has 0 aliphatic heterocycles. The first-order valence-corrected chi connectivity index (χ1v) is 8.13. The van der Waals surface area contributed by atoms with Crippen LogP contribution in [-0.2, 0) is 6.42 Å². The van der Waals surface area contributed by atoms with E-state index in [0.29, 0.717) is 6.04 Å². The fraction of sp³-hybridized carbons (Fsp3) is 0.647. The lowest BCUT2D eigenvalue weighted by atomic mass is 9.85. The quantitative estimate of drug-likeness (QED) is 0.900. The van der Waals surface area contributed by atoms with Crippen molar-refractivity contribution in [3.63, 3.8) is 0 Å². The minimum Gasteiger partial charge on any atom is -0.370 e. The minimum atomic E-state index is 0.174. The van der Waals surface area contributed by atoms with Gasteiger partial charge < -0.3 is 10.6 Å². The second-order valence-electron chi connectivity index (χ2n) is 6.41. The maximum absolute atomic E-state index is 6.49. The van der Waals surface area contributed by atoms with Gasteiger partial charge in [-0.3, -0.25) is 0 Å². The predicted octanol–water partition coefficient (Wildman–Crippen LogP) is 4.24. The van der Waals surface area contributed by atoms with Crippen molar-refractivity contribution in [3.8, 4) is 0 Å². The average Bonchev–Trinajstić information content (AvgIpc) is 2.38. The molecule has 1 saturated carbocycles. The number of hydrogen-bond acceptors (Lipinski definition) is 2. The zero-order chi connectivity index (χ0) is 14.7. The second-order valence-corrected chi connectivity index (χ2v) is 6.81. The van der Waals surface area contributed by atoms with Gasteiger partial charge in [0.15, 0.2) is 0 Å². The van der Waals surface area contributed by atoms with Gasteiger partial charge in [0, 0.05) is 19.1 Å². The number of rotatable bonds is 4. The molecule has 0 bridgehead atoms. The summed E-state index contributed by atoms with van der Waals surface area (Å²) < 4.78 is 0. The fourth-order valence-corrected chi connectivity index (χ4v) is 3.72. The number of nitrogens with two attached hydrogens (primary N) is 1. The van der Waals surface area contributed by atoms with E-state index in [0.717, 1.165) is 23.0 Å². The molecular formula is C17H27ClN2. The minimum absolute atomic E-state index is 0.174. The van der Waals surface area contributed by atoms with Crippen molar-refractivity contribution < 1.29 is 0 Å². The largest absolute Gasteiger partial charge is 0.370 e. The highest BCUT2D eigenvalue weighted by Gasteiger charge is 2.26. The number of anilines is 1. The van der Waals surface area contributed by atoms with Crippen molar-refractivity contribution in [2.24, 2.45) is 11.7 Å². The zero-order valence-corrected chi connectivity index (χ0v) is 13.7. The van der Waals surface area contributed by atoms with Gasteiger partial charge in [0.25, 0.3) is 0 Å². The van der Waals surface area contributed by atoms with Gasteiger partial charge in [0.1, 0.15) is 0 Å². The van der Waals surface area contributed by atoms with Crippen LogP contribution >= 0.6 is 11.6 Å². The molecule has 1 aromatic rings. The summed E-state index contributed by atoms with van der Waals surface area (Å²) in [6, 6.07) is 7.17. The molecule has 112 valence electrons. The number of hydrogen-bond donors (Lipinski definition) is 1. The molecule has 1 aromatic carbocycles. The Balaban J connectivity index is 2.15. The average molecular weight is 295 g/mol. The molecule has 2 N–H and O–H groups in total. The Morgan fingerprint density at radius 1 is 1.35 bits per heavy atom. The van der Waals surface area contributed by atoms with Crippen LogP contribution in [0.2, 0.25) is 5.02 Å². The van der Waals surface area contributed by atoms with Crippen molar-refractivity contribution in [3.05, 3.63) is 28.8 Å².